The van der Waals surface area contributed by atoms with Crippen molar-refractivity contribution in [2.75, 3.05) is 0 Å². The molecule has 3 nitrogen and oxygen atoms in total. The lowest BCUT2D eigenvalue weighted by Crippen LogP contribution is -2.68. The molecule has 0 unspecified atom stereocenters. The molecule has 0 aliphatic carbocycles. The van der Waals surface area contributed by atoms with Gasteiger partial charge < -0.3 is 9.53 Å². The van der Waals surface area contributed by atoms with Crippen LogP contribution >= 0.6 is 0 Å². The van der Waals surface area contributed by atoms with Gasteiger partial charge in [-0.15, -0.1) is 0 Å². The smallest absolute Gasteiger partial charge is 0.262 e. The van der Waals surface area contributed by atoms with E-state index in [0.717, 1.165) is 10.4 Å². The third-order valence-electron chi connectivity index (χ3n) is 5.82. The Morgan fingerprint density at radius 2 is 1.28 bits per heavy atom. The predicted molar refractivity (Wildman–Crippen MR) is 123 cm³/mol. The van der Waals surface area contributed by atoms with Gasteiger partial charge in [0.15, 0.2) is 5.78 Å². The van der Waals surface area contributed by atoms with Crippen molar-refractivity contribution in [2.45, 2.75) is 65.7 Å². The number of hydrogen-bond acceptors (Lipinski definition) is 3. The van der Waals surface area contributed by atoms with Gasteiger partial charge in [-0.1, -0.05) is 102 Å². The minimum absolute atomic E-state index is 0.0222. The molecule has 0 heterocycles. The Bertz CT molecular complexity index is 741. The average Bonchev–Trinajstić information content (AvgIpc) is 2.70. The number of rotatable bonds is 8. The second kappa shape index (κ2) is 9.37. The van der Waals surface area contributed by atoms with Crippen molar-refractivity contribution in [2.24, 2.45) is 11.8 Å². The highest BCUT2D eigenvalue weighted by molar-refractivity contribution is 6.99. The molecule has 3 atom stereocenters. The van der Waals surface area contributed by atoms with Gasteiger partial charge in [-0.25, -0.2) is 0 Å². The first-order valence-corrected chi connectivity index (χ1v) is 12.4. The van der Waals surface area contributed by atoms with Crippen LogP contribution in [0.5, 0.6) is 0 Å². The Morgan fingerprint density at radius 1 is 0.862 bits per heavy atom. The van der Waals surface area contributed by atoms with Gasteiger partial charge in [0.25, 0.3) is 8.32 Å². The molecule has 0 amide bonds. The van der Waals surface area contributed by atoms with Crippen molar-refractivity contribution in [1.29, 1.82) is 0 Å². The first-order valence-electron chi connectivity index (χ1n) is 10.5. The van der Waals surface area contributed by atoms with Crippen molar-refractivity contribution in [1.82, 2.24) is 0 Å². The average molecular weight is 413 g/mol. The fourth-order valence-corrected chi connectivity index (χ4v) is 8.79. The van der Waals surface area contributed by atoms with Crippen LogP contribution in [0.4, 0.5) is 0 Å². The Morgan fingerprint density at radius 3 is 1.62 bits per heavy atom. The molecular formula is C25H36O3Si. The summed E-state index contributed by atoms with van der Waals surface area (Å²) in [6.07, 6.45) is -1.28. The van der Waals surface area contributed by atoms with Gasteiger partial charge in [0, 0.05) is 5.92 Å². The van der Waals surface area contributed by atoms with Gasteiger partial charge >= 0.3 is 0 Å². The van der Waals surface area contributed by atoms with E-state index in [0.29, 0.717) is 0 Å². The van der Waals surface area contributed by atoms with E-state index in [4.69, 9.17) is 4.43 Å². The predicted octanol–water partition coefficient (Wildman–Crippen LogP) is 4.17. The summed E-state index contributed by atoms with van der Waals surface area (Å²) in [5.41, 5.74) is 0. The summed E-state index contributed by atoms with van der Waals surface area (Å²) >= 11 is 0. The van der Waals surface area contributed by atoms with Gasteiger partial charge in [0.1, 0.15) is 6.10 Å². The van der Waals surface area contributed by atoms with Crippen molar-refractivity contribution in [3.8, 4) is 0 Å². The van der Waals surface area contributed by atoms with E-state index < -0.39 is 26.4 Å². The Labute approximate surface area is 177 Å². The van der Waals surface area contributed by atoms with Crippen LogP contribution in [0.25, 0.3) is 0 Å². The summed E-state index contributed by atoms with van der Waals surface area (Å²) in [7, 11) is -2.79. The lowest BCUT2D eigenvalue weighted by molar-refractivity contribution is -0.133. The molecule has 0 saturated carbocycles. The van der Waals surface area contributed by atoms with E-state index in [1.165, 1.54) is 0 Å². The summed E-state index contributed by atoms with van der Waals surface area (Å²) in [4.78, 5) is 13.2. The van der Waals surface area contributed by atoms with Gasteiger partial charge in [-0.05, 0) is 28.3 Å². The monoisotopic (exact) mass is 412 g/mol. The van der Waals surface area contributed by atoms with Gasteiger partial charge in [0.2, 0.25) is 0 Å². The van der Waals surface area contributed by atoms with Crippen LogP contribution in [0.1, 0.15) is 48.5 Å². The van der Waals surface area contributed by atoms with E-state index in [1.807, 2.05) is 57.2 Å². The zero-order valence-electron chi connectivity index (χ0n) is 18.8. The standard InChI is InChI=1S/C25H36O3Si/c1-18(2)23(26)19(3)24(27)20(4)28-29(25(5,6)7,21-14-10-8-11-15-21)22-16-12-9-13-17-22/h8-20,23,26H,1-7H3/t19-,20+,23+/m1/s1. The molecule has 0 bridgehead atoms. The van der Waals surface area contributed by atoms with Gasteiger partial charge in [-0.2, -0.15) is 0 Å². The second-order valence-corrected chi connectivity index (χ2v) is 13.6. The van der Waals surface area contributed by atoms with Crippen molar-refractivity contribution in [3.05, 3.63) is 60.7 Å². The van der Waals surface area contributed by atoms with Crippen LogP contribution in [0.3, 0.4) is 0 Å². The van der Waals surface area contributed by atoms with Crippen molar-refractivity contribution >= 4 is 24.5 Å². The number of aliphatic hydroxyl groups excluding tert-OH is 1. The first kappa shape index (κ1) is 23.5. The SMILES string of the molecule is CC(C)[C@H](O)[C@@H](C)C(=O)[C@H](C)O[Si](c1ccccc1)(c1ccccc1)C(C)(C)C. The molecule has 4 heteroatoms. The number of hydrogen-bond donors (Lipinski definition) is 1. The van der Waals surface area contributed by atoms with Crippen LogP contribution < -0.4 is 10.4 Å². The van der Waals surface area contributed by atoms with Crippen LogP contribution in [-0.4, -0.2) is 31.4 Å². The topological polar surface area (TPSA) is 46.5 Å². The molecule has 2 aromatic rings. The number of Topliss-reactive ketones (excluding diaryl/α,β-unsaturated/α-hetero) is 1. The van der Waals surface area contributed by atoms with Crippen molar-refractivity contribution in [3.63, 3.8) is 0 Å². The Hall–Kier alpha value is -1.75. The molecule has 2 aromatic carbocycles. The summed E-state index contributed by atoms with van der Waals surface area (Å²) < 4.78 is 6.87. The summed E-state index contributed by atoms with van der Waals surface area (Å²) in [5, 5.41) is 12.5. The molecule has 0 aromatic heterocycles. The van der Waals surface area contributed by atoms with E-state index >= 15 is 0 Å². The molecule has 0 spiro atoms. The number of carbonyl (C=O) groups excluding carboxylic acids is 1. The van der Waals surface area contributed by atoms with Gasteiger partial charge in [0.05, 0.1) is 6.10 Å². The minimum atomic E-state index is -2.79. The molecular weight excluding hydrogens is 376 g/mol. The zero-order chi connectivity index (χ0) is 21.8. The fraction of sp³-hybridized carbons (Fsp3) is 0.480. The molecule has 0 fully saturated rings. The fourth-order valence-electron chi connectivity index (χ4n) is 4.13. The van der Waals surface area contributed by atoms with Crippen LogP contribution in [0, 0.1) is 11.8 Å². The molecule has 0 saturated heterocycles. The van der Waals surface area contributed by atoms with Crippen molar-refractivity contribution < 1.29 is 14.3 Å². The zero-order valence-corrected chi connectivity index (χ0v) is 19.8. The van der Waals surface area contributed by atoms with Crippen LogP contribution in [-0.2, 0) is 9.22 Å². The molecule has 0 aliphatic rings. The normalized spacial score (nSPS) is 15.8. The lowest BCUT2D eigenvalue weighted by atomic mass is 9.90. The maximum atomic E-state index is 13.2. The van der Waals surface area contributed by atoms with E-state index in [9.17, 15) is 9.90 Å². The first-order chi connectivity index (χ1) is 13.5. The number of carbonyl (C=O) groups is 1. The van der Waals surface area contributed by atoms with E-state index in [2.05, 4.69) is 45.0 Å². The highest BCUT2D eigenvalue weighted by Gasteiger charge is 2.52. The van der Waals surface area contributed by atoms with E-state index in [1.54, 1.807) is 6.92 Å². The van der Waals surface area contributed by atoms with E-state index in [-0.39, 0.29) is 16.7 Å². The maximum absolute atomic E-state index is 13.2. The molecule has 0 aliphatic heterocycles. The third-order valence-corrected chi connectivity index (χ3v) is 10.9. The highest BCUT2D eigenvalue weighted by Crippen LogP contribution is 2.37. The Kier molecular flexibility index (Phi) is 7.60. The number of ketones is 1. The number of aliphatic hydroxyl groups is 1. The molecule has 1 N–H and O–H groups in total. The van der Waals surface area contributed by atoms with Crippen LogP contribution in [0.2, 0.25) is 5.04 Å². The summed E-state index contributed by atoms with van der Waals surface area (Å²) in [6, 6.07) is 20.6. The lowest BCUT2D eigenvalue weighted by Gasteiger charge is -2.44. The second-order valence-electron chi connectivity index (χ2n) is 9.35. The summed E-state index contributed by atoms with van der Waals surface area (Å²) in [5.74, 6) is -0.489. The van der Waals surface area contributed by atoms with Gasteiger partial charge in [-0.3, -0.25) is 4.79 Å². The number of benzene rings is 2. The highest BCUT2D eigenvalue weighted by atomic mass is 28.4. The third kappa shape index (κ3) is 4.88. The Balaban J connectivity index is 2.55. The molecule has 2 rings (SSSR count). The minimum Gasteiger partial charge on any atom is -0.398 e. The largest absolute Gasteiger partial charge is 0.398 e. The molecule has 0 radical (unpaired) electrons. The quantitative estimate of drug-likeness (QED) is 0.662. The molecule has 158 valence electrons. The summed E-state index contributed by atoms with van der Waals surface area (Å²) in [6.45, 7) is 14.1. The molecule has 29 heavy (non-hydrogen) atoms. The maximum Gasteiger partial charge on any atom is 0.262 e. The van der Waals surface area contributed by atoms with Crippen LogP contribution in [0.15, 0.2) is 60.7 Å².